The zero-order valence-corrected chi connectivity index (χ0v) is 16.4. The lowest BCUT2D eigenvalue weighted by Gasteiger charge is -2.32. The number of sulfone groups is 1. The molecule has 0 spiro atoms. The third-order valence-corrected chi connectivity index (χ3v) is 7.30. The van der Waals surface area contributed by atoms with Gasteiger partial charge in [0, 0.05) is 38.5 Å². The van der Waals surface area contributed by atoms with Crippen molar-refractivity contribution in [2.75, 3.05) is 24.6 Å². The average Bonchev–Trinajstić information content (AvgIpc) is 2.75. The molecule has 144 valence electrons. The van der Waals surface area contributed by atoms with Crippen LogP contribution in [-0.2, 0) is 19.4 Å². The first kappa shape index (κ1) is 20.2. The maximum atomic E-state index is 12.6. The van der Waals surface area contributed by atoms with E-state index >= 15 is 0 Å². The predicted octanol–water partition coefficient (Wildman–Crippen LogP) is 1.98. The third kappa shape index (κ3) is 5.69. The van der Waals surface area contributed by atoms with Gasteiger partial charge in [0.2, 0.25) is 11.8 Å². The lowest BCUT2D eigenvalue weighted by Crippen LogP contribution is -2.44. The highest BCUT2D eigenvalue weighted by molar-refractivity contribution is 7.91. The van der Waals surface area contributed by atoms with E-state index in [1.165, 1.54) is 12.8 Å². The normalized spacial score (nSPS) is 23.8. The smallest absolute Gasteiger partial charge is 0.224 e. The molecule has 25 heavy (non-hydrogen) atoms. The molecule has 1 saturated carbocycles. The second-order valence-electron chi connectivity index (χ2n) is 7.34. The Bertz CT molecular complexity index is 568. The summed E-state index contributed by atoms with van der Waals surface area (Å²) < 4.78 is 23.4. The minimum atomic E-state index is -3.01. The van der Waals surface area contributed by atoms with Gasteiger partial charge in [0.15, 0.2) is 9.84 Å². The van der Waals surface area contributed by atoms with Crippen molar-refractivity contribution >= 4 is 21.7 Å². The van der Waals surface area contributed by atoms with Crippen molar-refractivity contribution < 1.29 is 18.0 Å². The Kier molecular flexibility index (Phi) is 7.28. The van der Waals surface area contributed by atoms with Crippen LogP contribution in [0.3, 0.4) is 0 Å². The molecule has 2 amide bonds. The highest BCUT2D eigenvalue weighted by Crippen LogP contribution is 2.23. The fourth-order valence-corrected chi connectivity index (χ4v) is 5.92. The van der Waals surface area contributed by atoms with Crippen LogP contribution in [-0.4, -0.2) is 66.7 Å². The number of hydrogen-bond acceptors (Lipinski definition) is 4. The first-order valence-corrected chi connectivity index (χ1v) is 11.4. The molecule has 0 aromatic carbocycles. The number of rotatable bonds is 6. The molecule has 1 unspecified atom stereocenters. The second-order valence-corrected chi connectivity index (χ2v) is 9.57. The highest BCUT2D eigenvalue weighted by Gasteiger charge is 2.34. The van der Waals surface area contributed by atoms with E-state index in [-0.39, 0.29) is 41.8 Å². The summed E-state index contributed by atoms with van der Waals surface area (Å²) in [6, 6.07) is 0.0425. The lowest BCUT2D eigenvalue weighted by molar-refractivity contribution is -0.135. The summed E-state index contributed by atoms with van der Waals surface area (Å²) in [7, 11) is -3.01. The summed E-state index contributed by atoms with van der Waals surface area (Å²) in [6.07, 6.45) is 7.58. The van der Waals surface area contributed by atoms with Crippen LogP contribution in [0.2, 0.25) is 0 Å². The number of amides is 2. The minimum Gasteiger partial charge on any atom is -0.339 e. The van der Waals surface area contributed by atoms with E-state index in [1.807, 2.05) is 11.8 Å². The van der Waals surface area contributed by atoms with Gasteiger partial charge in [0.05, 0.1) is 11.5 Å². The maximum Gasteiger partial charge on any atom is 0.224 e. The maximum absolute atomic E-state index is 12.6. The molecular formula is C18H32N2O4S. The van der Waals surface area contributed by atoms with Crippen molar-refractivity contribution in [2.45, 2.75) is 77.3 Å². The van der Waals surface area contributed by atoms with Crippen molar-refractivity contribution in [3.8, 4) is 0 Å². The van der Waals surface area contributed by atoms with Crippen molar-refractivity contribution in [3.63, 3.8) is 0 Å². The minimum absolute atomic E-state index is 0.0335. The predicted molar refractivity (Wildman–Crippen MR) is 97.9 cm³/mol. The molecule has 2 rings (SSSR count). The monoisotopic (exact) mass is 372 g/mol. The zero-order valence-electron chi connectivity index (χ0n) is 15.6. The van der Waals surface area contributed by atoms with Crippen LogP contribution in [0, 0.1) is 0 Å². The first-order chi connectivity index (χ1) is 11.8. The summed E-state index contributed by atoms with van der Waals surface area (Å²) in [5.41, 5.74) is 0. The summed E-state index contributed by atoms with van der Waals surface area (Å²) >= 11 is 0. The molecule has 6 nitrogen and oxygen atoms in total. The lowest BCUT2D eigenvalue weighted by atomic mass is 10.1. The number of nitrogens with zero attached hydrogens (tertiary/aromatic N) is 2. The van der Waals surface area contributed by atoms with E-state index in [9.17, 15) is 18.0 Å². The highest BCUT2D eigenvalue weighted by atomic mass is 32.2. The quantitative estimate of drug-likeness (QED) is 0.668. The van der Waals surface area contributed by atoms with Gasteiger partial charge in [-0.2, -0.15) is 0 Å². The van der Waals surface area contributed by atoms with Gasteiger partial charge in [0.1, 0.15) is 0 Å². The molecule has 0 bridgehead atoms. The Hall–Kier alpha value is -1.11. The molecule has 0 aromatic heterocycles. The number of hydrogen-bond donors (Lipinski definition) is 0. The Morgan fingerprint density at radius 2 is 1.60 bits per heavy atom. The van der Waals surface area contributed by atoms with E-state index in [4.69, 9.17) is 0 Å². The van der Waals surface area contributed by atoms with Crippen LogP contribution in [0.15, 0.2) is 0 Å². The van der Waals surface area contributed by atoms with Gasteiger partial charge in [-0.05, 0) is 26.2 Å². The van der Waals surface area contributed by atoms with E-state index in [0.29, 0.717) is 19.5 Å². The molecule has 0 aromatic rings. The van der Waals surface area contributed by atoms with Gasteiger partial charge >= 0.3 is 0 Å². The van der Waals surface area contributed by atoms with E-state index in [2.05, 4.69) is 0 Å². The molecular weight excluding hydrogens is 340 g/mol. The van der Waals surface area contributed by atoms with Crippen molar-refractivity contribution in [1.82, 2.24) is 9.80 Å². The molecule has 1 saturated heterocycles. The van der Waals surface area contributed by atoms with Crippen LogP contribution >= 0.6 is 0 Å². The van der Waals surface area contributed by atoms with Gasteiger partial charge < -0.3 is 9.80 Å². The molecule has 1 aliphatic carbocycles. The molecule has 0 radical (unpaired) electrons. The second kappa shape index (κ2) is 9.01. The van der Waals surface area contributed by atoms with Crippen LogP contribution < -0.4 is 0 Å². The van der Waals surface area contributed by atoms with Gasteiger partial charge in [-0.3, -0.25) is 9.59 Å². The van der Waals surface area contributed by atoms with Gasteiger partial charge in [-0.25, -0.2) is 8.42 Å². The Labute approximate surface area is 151 Å². The molecule has 7 heteroatoms. The number of carbonyl (C=O) groups excluding carboxylic acids is 2. The summed E-state index contributed by atoms with van der Waals surface area (Å²) in [4.78, 5) is 28.3. The van der Waals surface area contributed by atoms with Crippen molar-refractivity contribution in [1.29, 1.82) is 0 Å². The molecule has 1 heterocycles. The molecule has 2 aliphatic rings. The largest absolute Gasteiger partial charge is 0.339 e. The van der Waals surface area contributed by atoms with E-state index in [1.54, 1.807) is 11.8 Å². The zero-order chi connectivity index (χ0) is 18.4. The fraction of sp³-hybridized carbons (Fsp3) is 0.889. The van der Waals surface area contributed by atoms with Crippen LogP contribution in [0.1, 0.15) is 65.2 Å². The standard InChI is InChI=1S/C18H32N2O4S/c1-3-19(17-11-13-25(23,24)14-17)18(22)10-12-20(15(2)21)16-8-6-4-5-7-9-16/h16-17H,3-14H2,1-2H3. The Balaban J connectivity index is 1.94. The van der Waals surface area contributed by atoms with Crippen LogP contribution in [0.5, 0.6) is 0 Å². The van der Waals surface area contributed by atoms with E-state index in [0.717, 1.165) is 25.7 Å². The van der Waals surface area contributed by atoms with Gasteiger partial charge in [0.25, 0.3) is 0 Å². The molecule has 1 atom stereocenters. The first-order valence-electron chi connectivity index (χ1n) is 9.61. The average molecular weight is 373 g/mol. The Morgan fingerprint density at radius 3 is 2.08 bits per heavy atom. The summed E-state index contributed by atoms with van der Waals surface area (Å²) in [5, 5.41) is 0. The van der Waals surface area contributed by atoms with E-state index < -0.39 is 9.84 Å². The summed E-state index contributed by atoms with van der Waals surface area (Å²) in [5.74, 6) is 0.241. The molecule has 2 fully saturated rings. The van der Waals surface area contributed by atoms with Crippen molar-refractivity contribution in [2.24, 2.45) is 0 Å². The van der Waals surface area contributed by atoms with Gasteiger partial charge in [-0.1, -0.05) is 25.7 Å². The summed E-state index contributed by atoms with van der Waals surface area (Å²) in [6.45, 7) is 4.42. The third-order valence-electron chi connectivity index (χ3n) is 5.55. The van der Waals surface area contributed by atoms with Crippen molar-refractivity contribution in [3.05, 3.63) is 0 Å². The Morgan fingerprint density at radius 1 is 0.960 bits per heavy atom. The number of carbonyl (C=O) groups is 2. The SMILES string of the molecule is CCN(C(=O)CCN(C(C)=O)C1CCCCCC1)C1CCS(=O)(=O)C1. The molecule has 1 aliphatic heterocycles. The topological polar surface area (TPSA) is 74.8 Å². The van der Waals surface area contributed by atoms with Crippen LogP contribution in [0.4, 0.5) is 0 Å². The molecule has 0 N–H and O–H groups in total. The fourth-order valence-electron chi connectivity index (χ4n) is 4.19. The van der Waals surface area contributed by atoms with Gasteiger partial charge in [-0.15, -0.1) is 0 Å². The van der Waals surface area contributed by atoms with Crippen LogP contribution in [0.25, 0.3) is 0 Å².